The summed E-state index contributed by atoms with van der Waals surface area (Å²) >= 11 is 0. The van der Waals surface area contributed by atoms with Crippen LogP contribution in [0.4, 0.5) is 16.2 Å². The molecule has 3 atom stereocenters. The van der Waals surface area contributed by atoms with Crippen LogP contribution in [0.15, 0.2) is 36.4 Å². The van der Waals surface area contributed by atoms with Gasteiger partial charge in [-0.05, 0) is 87.8 Å². The zero-order valence-corrected chi connectivity index (χ0v) is 30.4. The summed E-state index contributed by atoms with van der Waals surface area (Å²) in [7, 11) is 0. The van der Waals surface area contributed by atoms with Crippen LogP contribution in [-0.4, -0.2) is 71.7 Å². The molecule has 1 aliphatic heterocycles. The number of alkyl carbamates (subject to hydrolysis) is 1. The molecule has 51 heavy (non-hydrogen) atoms. The van der Waals surface area contributed by atoms with E-state index in [1.54, 1.807) is 39.8 Å². The van der Waals surface area contributed by atoms with Crippen molar-refractivity contribution in [3.05, 3.63) is 58.7 Å². The maximum atomic E-state index is 13.9. The minimum Gasteiger partial charge on any atom is -0.478 e. The van der Waals surface area contributed by atoms with Crippen LogP contribution in [0.25, 0.3) is 0 Å². The van der Waals surface area contributed by atoms with Crippen LogP contribution >= 0.6 is 0 Å². The average molecular weight is 710 g/mol. The van der Waals surface area contributed by atoms with E-state index in [-0.39, 0.29) is 60.3 Å². The van der Waals surface area contributed by atoms with Gasteiger partial charge in [0.1, 0.15) is 17.7 Å². The number of aromatic carboxylic acids is 1. The first-order valence-electron chi connectivity index (χ1n) is 17.3. The first-order valence-corrected chi connectivity index (χ1v) is 17.3. The van der Waals surface area contributed by atoms with E-state index < -0.39 is 53.4 Å². The van der Waals surface area contributed by atoms with Gasteiger partial charge in [-0.2, -0.15) is 0 Å². The Hall–Kier alpha value is -5.14. The van der Waals surface area contributed by atoms with Gasteiger partial charge in [0.25, 0.3) is 5.91 Å². The van der Waals surface area contributed by atoms with Gasteiger partial charge in [0, 0.05) is 24.5 Å². The molecule has 0 bridgehead atoms. The first-order chi connectivity index (χ1) is 24.0. The lowest BCUT2D eigenvalue weighted by Gasteiger charge is -2.28. The molecule has 0 spiro atoms. The number of carboxylic acids is 1. The maximum absolute atomic E-state index is 13.9. The Morgan fingerprint density at radius 1 is 0.941 bits per heavy atom. The van der Waals surface area contributed by atoms with Crippen LogP contribution in [0.5, 0.6) is 0 Å². The van der Waals surface area contributed by atoms with Crippen LogP contribution in [0, 0.1) is 11.8 Å². The fourth-order valence-electron chi connectivity index (χ4n) is 5.16. The molecular formula is C37H51N5O9. The zero-order chi connectivity index (χ0) is 37.9. The lowest BCUT2D eigenvalue weighted by molar-refractivity contribution is -0.128. The third-order valence-corrected chi connectivity index (χ3v) is 8.13. The summed E-state index contributed by atoms with van der Waals surface area (Å²) in [5.74, 6) is -3.87. The van der Waals surface area contributed by atoms with Gasteiger partial charge in [0.05, 0.1) is 23.3 Å². The minimum absolute atomic E-state index is 0.0153. The lowest BCUT2D eigenvalue weighted by atomic mass is 9.96. The average Bonchev–Trinajstić information content (AvgIpc) is 3.06. The summed E-state index contributed by atoms with van der Waals surface area (Å²) in [4.78, 5) is 78.3. The first kappa shape index (κ1) is 40.3. The Bertz CT molecular complexity index is 1600. The molecule has 278 valence electrons. The highest BCUT2D eigenvalue weighted by atomic mass is 16.6. The molecular weight excluding hydrogens is 658 g/mol. The number of anilines is 2. The Labute approximate surface area is 298 Å². The number of fused-ring (bicyclic) bond motifs is 2. The van der Waals surface area contributed by atoms with E-state index in [1.165, 1.54) is 24.3 Å². The Morgan fingerprint density at radius 3 is 2.29 bits per heavy atom. The number of nitrogens with one attached hydrogen (secondary N) is 5. The molecule has 0 aliphatic carbocycles. The second-order valence-corrected chi connectivity index (χ2v) is 14.1. The summed E-state index contributed by atoms with van der Waals surface area (Å²) in [6, 6.07) is 6.63. The van der Waals surface area contributed by atoms with Gasteiger partial charge in [0.15, 0.2) is 0 Å². The van der Waals surface area contributed by atoms with Gasteiger partial charge < -0.3 is 41.2 Å². The van der Waals surface area contributed by atoms with Gasteiger partial charge in [0.2, 0.25) is 11.8 Å². The van der Waals surface area contributed by atoms with E-state index in [0.717, 1.165) is 0 Å². The third-order valence-electron chi connectivity index (χ3n) is 8.13. The van der Waals surface area contributed by atoms with E-state index in [9.17, 15) is 33.9 Å². The molecule has 1 heterocycles. The normalized spacial score (nSPS) is 17.3. The van der Waals surface area contributed by atoms with Crippen molar-refractivity contribution >= 4 is 47.1 Å². The molecule has 2 aromatic rings. The molecule has 0 radical (unpaired) electrons. The van der Waals surface area contributed by atoms with Crippen molar-refractivity contribution in [2.75, 3.05) is 23.8 Å². The van der Waals surface area contributed by atoms with Crippen LogP contribution in [0.2, 0.25) is 0 Å². The standard InChI is InChI=1S/C37H51N5O9/c1-8-22(4)30-33(45)40-28(11-9-10-16-38-36(49)51-37(5,6)7)32(44)41-29-18-24(35(48)50-20-21(2)3)12-13-25(29)19-39-27-15-14-23(34(46)47)17-26(27)31(43)42-30/h12-15,17-18,21-22,28,30,39H,8-11,16,19-20H2,1-7H3,(H,38,49)(H,40,45)(H,41,44)(H,42,43)(H,46,47)/t22?,28-,30-/m0/s1. The predicted molar refractivity (Wildman–Crippen MR) is 192 cm³/mol. The molecule has 4 amide bonds. The minimum atomic E-state index is -1.23. The number of ether oxygens (including phenoxy) is 2. The Kier molecular flexibility index (Phi) is 14.4. The molecule has 2 aromatic carbocycles. The van der Waals surface area contributed by atoms with Crippen molar-refractivity contribution in [3.63, 3.8) is 0 Å². The van der Waals surface area contributed by atoms with Crippen LogP contribution in [0.3, 0.4) is 0 Å². The number of unbranched alkanes of at least 4 members (excludes halogenated alkanes) is 1. The maximum Gasteiger partial charge on any atom is 0.407 e. The molecule has 14 nitrogen and oxygen atoms in total. The fourth-order valence-corrected chi connectivity index (χ4v) is 5.16. The van der Waals surface area contributed by atoms with E-state index >= 15 is 0 Å². The van der Waals surface area contributed by atoms with Crippen molar-refractivity contribution in [1.29, 1.82) is 0 Å². The molecule has 0 fully saturated rings. The molecule has 0 aromatic heterocycles. The van der Waals surface area contributed by atoms with E-state index in [0.29, 0.717) is 30.5 Å². The smallest absolute Gasteiger partial charge is 0.407 e. The third kappa shape index (κ3) is 12.3. The van der Waals surface area contributed by atoms with Crippen LogP contribution in [0.1, 0.15) is 111 Å². The molecule has 0 saturated heterocycles. The Morgan fingerprint density at radius 2 is 1.65 bits per heavy atom. The van der Waals surface area contributed by atoms with E-state index in [1.807, 2.05) is 20.8 Å². The molecule has 6 N–H and O–H groups in total. The van der Waals surface area contributed by atoms with Gasteiger partial charge in [-0.15, -0.1) is 0 Å². The van der Waals surface area contributed by atoms with Gasteiger partial charge >= 0.3 is 18.0 Å². The topological polar surface area (TPSA) is 201 Å². The second kappa shape index (κ2) is 18.2. The molecule has 14 heteroatoms. The summed E-state index contributed by atoms with van der Waals surface area (Å²) in [6.07, 6.45) is 1.02. The number of amides is 4. The van der Waals surface area contributed by atoms with Gasteiger partial charge in [-0.1, -0.05) is 40.2 Å². The highest BCUT2D eigenvalue weighted by Crippen LogP contribution is 2.25. The van der Waals surface area contributed by atoms with Gasteiger partial charge in [-0.3, -0.25) is 14.4 Å². The molecule has 1 aliphatic rings. The van der Waals surface area contributed by atoms with E-state index in [2.05, 4.69) is 26.6 Å². The van der Waals surface area contributed by atoms with E-state index in [4.69, 9.17) is 9.47 Å². The SMILES string of the molecule is CCC(C)[C@@H]1NC(=O)c2cc(C(=O)O)ccc2NCc2ccc(C(=O)OCC(C)C)cc2NC(=O)[C@H](CCCCNC(=O)OC(C)(C)C)NC1=O. The van der Waals surface area contributed by atoms with Crippen molar-refractivity contribution < 1.29 is 43.3 Å². The van der Waals surface area contributed by atoms with Crippen molar-refractivity contribution in [2.45, 2.75) is 98.4 Å². The number of hydrogen-bond donors (Lipinski definition) is 6. The number of hydrogen-bond acceptors (Lipinski definition) is 9. The quantitative estimate of drug-likeness (QED) is 0.135. The largest absolute Gasteiger partial charge is 0.478 e. The summed E-state index contributed by atoms with van der Waals surface area (Å²) in [5, 5.41) is 24.0. The molecule has 1 unspecified atom stereocenters. The number of carbonyl (C=O) groups excluding carboxylic acids is 5. The Balaban J connectivity index is 2.00. The molecule has 3 rings (SSSR count). The van der Waals surface area contributed by atoms with Crippen molar-refractivity contribution in [2.24, 2.45) is 11.8 Å². The van der Waals surface area contributed by atoms with Crippen molar-refractivity contribution in [1.82, 2.24) is 16.0 Å². The lowest BCUT2D eigenvalue weighted by Crippen LogP contribution is -2.55. The van der Waals surface area contributed by atoms with Crippen LogP contribution in [-0.2, 0) is 25.6 Å². The van der Waals surface area contributed by atoms with Crippen molar-refractivity contribution in [3.8, 4) is 0 Å². The molecule has 0 saturated carbocycles. The summed E-state index contributed by atoms with van der Waals surface area (Å²) < 4.78 is 10.7. The number of esters is 1. The fraction of sp³-hybridized carbons (Fsp3) is 0.514. The number of benzene rings is 2. The second-order valence-electron chi connectivity index (χ2n) is 14.1. The summed E-state index contributed by atoms with van der Waals surface area (Å²) in [5.41, 5.74) is 0.564. The van der Waals surface area contributed by atoms with Crippen LogP contribution < -0.4 is 26.6 Å². The highest BCUT2D eigenvalue weighted by Gasteiger charge is 2.32. The van der Waals surface area contributed by atoms with Gasteiger partial charge in [-0.25, -0.2) is 14.4 Å². The predicted octanol–water partition coefficient (Wildman–Crippen LogP) is 5.09. The highest BCUT2D eigenvalue weighted by molar-refractivity contribution is 6.05. The number of rotatable bonds is 11. The zero-order valence-electron chi connectivity index (χ0n) is 30.4. The monoisotopic (exact) mass is 709 g/mol. The number of carboxylic acid groups (broad SMARTS) is 1. The summed E-state index contributed by atoms with van der Waals surface area (Å²) in [6.45, 7) is 13.3. The number of carbonyl (C=O) groups is 6.